The Bertz CT molecular complexity index is 168. The van der Waals surface area contributed by atoms with Crippen molar-refractivity contribution in [2.24, 2.45) is 0 Å². The van der Waals surface area contributed by atoms with Crippen molar-refractivity contribution in [2.45, 2.75) is 6.92 Å². The molecular weight excluding hydrogens is 406 g/mol. The van der Waals surface area contributed by atoms with E-state index in [4.69, 9.17) is 27.4 Å². The number of carboxylic acids is 1. The summed E-state index contributed by atoms with van der Waals surface area (Å²) >= 11 is 0. The van der Waals surface area contributed by atoms with Gasteiger partial charge in [0.15, 0.2) is 0 Å². The number of rotatable bonds is 0. The van der Waals surface area contributed by atoms with Crippen LogP contribution in [-0.2, 0) is 15.2 Å². The van der Waals surface area contributed by atoms with E-state index in [1.165, 1.54) is 0 Å². The molecule has 27 N–H and O–H groups in total. The molecule has 0 aliphatic carbocycles. The summed E-state index contributed by atoms with van der Waals surface area (Å²) in [7, 11) is -4.92. The van der Waals surface area contributed by atoms with Gasteiger partial charge in [-0.2, -0.15) is 0 Å². The van der Waals surface area contributed by atoms with E-state index in [1.54, 1.807) is 0 Å². The summed E-state index contributed by atoms with van der Waals surface area (Å²) in [6.07, 6.45) is 0. The molecule has 0 amide bonds. The second kappa shape index (κ2) is 129. The summed E-state index contributed by atoms with van der Waals surface area (Å²) < 4.78 is 32.8. The Labute approximate surface area is 180 Å². The summed E-state index contributed by atoms with van der Waals surface area (Å²) in [5.74, 6) is -1.08. The molecule has 0 aromatic carbocycles. The third kappa shape index (κ3) is 16200. The van der Waals surface area contributed by atoms with Gasteiger partial charge in [-0.05, 0) is 6.92 Å². The zero-order valence-electron chi connectivity index (χ0n) is 12.9. The van der Waals surface area contributed by atoms with Crippen LogP contribution in [0.3, 0.4) is 0 Å². The van der Waals surface area contributed by atoms with Gasteiger partial charge in [0.25, 0.3) is 0 Å². The maximum Gasteiger partial charge on any atom is 1.00 e. The van der Waals surface area contributed by atoms with Crippen molar-refractivity contribution in [3.8, 4) is 0 Å². The number of carbonyl (C=O) groups is 1. The molecule has 0 bridgehead atoms. The molecule has 24 heavy (non-hydrogen) atoms. The van der Waals surface area contributed by atoms with E-state index in [2.05, 4.69) is 0 Å². The molecule has 19 nitrogen and oxygen atoms in total. The average molecular weight is 436 g/mol. The fourth-order valence-corrected chi connectivity index (χ4v) is 0. The number of carbonyl (C=O) groups excluding carboxylic acids is 1. The molecule has 0 aliphatic heterocycles. The molecule has 0 spiro atoms. The Morgan fingerprint density at radius 1 is 0.667 bits per heavy atom. The van der Waals surface area contributed by atoms with Crippen LogP contribution in [0.5, 0.6) is 0 Å². The molecule has 0 rings (SSSR count). The summed E-state index contributed by atoms with van der Waals surface area (Å²) in [6, 6.07) is 0. The third-order valence-electron chi connectivity index (χ3n) is 0. The van der Waals surface area contributed by atoms with E-state index in [1.807, 2.05) is 0 Å². The minimum absolute atomic E-state index is 0. The molecule has 0 radical (unpaired) electrons. The summed E-state index contributed by atoms with van der Waals surface area (Å²) in [6.45, 7) is 0.972. The fourth-order valence-electron chi connectivity index (χ4n) is 0. The Morgan fingerprint density at radius 2 is 0.667 bits per heavy atom. The van der Waals surface area contributed by atoms with Gasteiger partial charge in [0.05, 0.1) is 0 Å². The first-order valence-electron chi connectivity index (χ1n) is 1.59. The summed E-state index contributed by atoms with van der Waals surface area (Å²) in [4.78, 5) is 8.89. The summed E-state index contributed by atoms with van der Waals surface area (Å²) in [5.41, 5.74) is 0. The molecule has 22 heteroatoms. The van der Waals surface area contributed by atoms with Crippen LogP contribution in [0, 0.1) is 0 Å². The van der Waals surface area contributed by atoms with E-state index in [0.29, 0.717) is 0 Å². The van der Waals surface area contributed by atoms with Gasteiger partial charge < -0.3 is 85.6 Å². The fraction of sp³-hybridized carbons (Fsp3) is 0.500. The van der Waals surface area contributed by atoms with E-state index in [0.717, 1.165) is 6.92 Å². The van der Waals surface area contributed by atoms with Gasteiger partial charge in [-0.15, -0.1) is 0 Å². The molecule has 160 valence electrons. The van der Waals surface area contributed by atoms with Crippen molar-refractivity contribution >= 4 is 16.4 Å². The van der Waals surface area contributed by atoms with Crippen LogP contribution in [0.2, 0.25) is 0 Å². The van der Waals surface area contributed by atoms with Crippen LogP contribution < -0.4 is 64.2 Å². The van der Waals surface area contributed by atoms with E-state index in [9.17, 15) is 0 Å². The molecule has 0 saturated carbocycles. The Balaban J connectivity index is -0.00000000168. The van der Waals surface area contributed by atoms with Crippen LogP contribution >= 0.6 is 0 Å². The van der Waals surface area contributed by atoms with Gasteiger partial charge in [0.2, 0.25) is 10.4 Å². The molecule has 0 unspecified atom stereocenters. The smallest absolute Gasteiger partial charge is 0.726 e. The van der Waals surface area contributed by atoms with Gasteiger partial charge in [-0.25, -0.2) is 8.42 Å². The minimum Gasteiger partial charge on any atom is -0.726 e. The first-order chi connectivity index (χ1) is 3.73. The van der Waals surface area contributed by atoms with E-state index >= 15 is 0 Å². The predicted molar refractivity (Wildman–Crippen MR) is 70.0 cm³/mol. The van der Waals surface area contributed by atoms with Crippen molar-refractivity contribution in [3.63, 3.8) is 0 Å². The molecule has 0 aromatic heterocycles. The molecule has 0 aliphatic rings. The van der Waals surface area contributed by atoms with Crippen molar-refractivity contribution in [3.05, 3.63) is 0 Å². The zero-order valence-corrected chi connectivity index (χ0v) is 17.7. The molecule has 0 saturated heterocycles. The topological polar surface area (TPSA) is 527 Å². The number of carboxylic acid groups (broad SMARTS) is 1. The van der Waals surface area contributed by atoms with Gasteiger partial charge in [0.1, 0.15) is 0 Å². The van der Waals surface area contributed by atoms with Crippen molar-refractivity contribution in [2.75, 3.05) is 0 Å². The van der Waals surface area contributed by atoms with Gasteiger partial charge in [-0.1, -0.05) is 0 Å². The Hall–Kier alpha value is 0.820. The van der Waals surface area contributed by atoms with Crippen molar-refractivity contribution in [1.82, 2.24) is 0 Å². The Kier molecular flexibility index (Phi) is 1230. The zero-order chi connectivity index (χ0) is 8.08. The van der Waals surface area contributed by atoms with Crippen molar-refractivity contribution in [1.29, 1.82) is 0 Å². The molecule has 0 heterocycles. The molecule has 0 fully saturated rings. The van der Waals surface area contributed by atoms with E-state index < -0.39 is 16.4 Å². The largest absolute Gasteiger partial charge is 1.00 e. The second-order valence-electron chi connectivity index (χ2n) is 0.919. The second-order valence-corrected chi connectivity index (χ2v) is 1.77. The first kappa shape index (κ1) is 230. The SMILES string of the molecule is CC(=O)[O-].O.O.O.O.O.O.O.O.O.O.O.O.O.O=S(=O)([O-])O.[Na+].[Na+]. The summed E-state index contributed by atoms with van der Waals surface area (Å²) in [5, 5.41) is 8.89. The monoisotopic (exact) mass is 436 g/mol. The maximum atomic E-state index is 8.89. The first-order valence-corrected chi connectivity index (χ1v) is 2.96. The third-order valence-corrected chi connectivity index (χ3v) is 0. The quantitative estimate of drug-likeness (QED) is 0.218. The van der Waals surface area contributed by atoms with Crippen LogP contribution in [0.4, 0.5) is 0 Å². The van der Waals surface area contributed by atoms with E-state index in [-0.39, 0.29) is 130 Å². The minimum atomic E-state index is -4.92. The molecular formula is C2H30Na2O19S. The van der Waals surface area contributed by atoms with Gasteiger partial charge in [0, 0.05) is 5.97 Å². The van der Waals surface area contributed by atoms with Gasteiger partial charge >= 0.3 is 59.1 Å². The number of aliphatic carboxylic acids is 1. The number of hydrogen-bond donors (Lipinski definition) is 1. The van der Waals surface area contributed by atoms with Crippen LogP contribution in [0.25, 0.3) is 0 Å². The molecule has 0 aromatic rings. The van der Waals surface area contributed by atoms with Crippen molar-refractivity contribution < 1.29 is 158 Å². The molecule has 0 atom stereocenters. The van der Waals surface area contributed by atoms with Crippen LogP contribution in [0.1, 0.15) is 6.92 Å². The Morgan fingerprint density at radius 3 is 0.667 bits per heavy atom. The van der Waals surface area contributed by atoms with Crippen LogP contribution in [-0.4, -0.2) is 94.7 Å². The van der Waals surface area contributed by atoms with Crippen LogP contribution in [0.15, 0.2) is 0 Å². The van der Waals surface area contributed by atoms with Gasteiger partial charge in [-0.3, -0.25) is 4.55 Å². The maximum absolute atomic E-state index is 8.89. The predicted octanol–water partition coefficient (Wildman–Crippen LogP) is -19.0. The average Bonchev–Trinajstić information content (AvgIpc) is 1.19. The number of hydrogen-bond acceptors (Lipinski definition) is 5. The standard InChI is InChI=1S/C2H4O2.2Na.H2O4S.13H2O/c1-2(3)4;;;1-5(2,3)4;;;;;;;;;;;;;/h1H3,(H,3,4);;;(H2,1,2,3,4);13*1H2/q;2*+1;;;;;;;;;;;;;;/p-2. The normalized spacial score (nSPS) is 3.46.